The number of aromatic nitrogens is 2. The Bertz CT molecular complexity index is 974. The molecule has 2 aromatic heterocycles. The quantitative estimate of drug-likeness (QED) is 0.589. The van der Waals surface area contributed by atoms with E-state index in [0.717, 1.165) is 6.07 Å². The van der Waals surface area contributed by atoms with E-state index in [1.165, 1.54) is 4.90 Å². The van der Waals surface area contributed by atoms with Gasteiger partial charge in [-0.25, -0.2) is 4.98 Å². The molecule has 0 aromatic carbocycles. The van der Waals surface area contributed by atoms with E-state index in [9.17, 15) is 31.1 Å². The lowest BCUT2D eigenvalue weighted by Gasteiger charge is -2.35. The number of halogens is 8. The van der Waals surface area contributed by atoms with Crippen LogP contribution in [0.5, 0.6) is 0 Å². The Morgan fingerprint density at radius 3 is 1.87 bits per heavy atom. The molecule has 168 valence electrons. The highest BCUT2D eigenvalue weighted by Gasteiger charge is 2.33. The van der Waals surface area contributed by atoms with Gasteiger partial charge in [0.15, 0.2) is 0 Å². The summed E-state index contributed by atoms with van der Waals surface area (Å²) in [5, 5.41) is -0.419. The molecule has 3 rings (SSSR count). The summed E-state index contributed by atoms with van der Waals surface area (Å²) in [5.41, 5.74) is -1.95. The van der Waals surface area contributed by atoms with Crippen LogP contribution in [0.4, 0.5) is 32.2 Å². The lowest BCUT2D eigenvalue weighted by molar-refractivity contribution is -0.138. The SMILES string of the molecule is O=C(Cc1ncc(C(F)(F)F)cc1Cl)N1CCN(c2ncc(C(F)(F)F)cc2Cl)CC1. The largest absolute Gasteiger partial charge is 0.417 e. The van der Waals surface area contributed by atoms with Crippen LogP contribution in [0, 0.1) is 0 Å². The molecule has 5 nitrogen and oxygen atoms in total. The van der Waals surface area contributed by atoms with E-state index in [-0.39, 0.29) is 60.1 Å². The van der Waals surface area contributed by atoms with Crippen molar-refractivity contribution in [2.45, 2.75) is 18.8 Å². The predicted octanol–water partition coefficient (Wildman–Crippen LogP) is 4.71. The van der Waals surface area contributed by atoms with Crippen molar-refractivity contribution < 1.29 is 31.1 Å². The van der Waals surface area contributed by atoms with Gasteiger partial charge in [-0.1, -0.05) is 23.2 Å². The Morgan fingerprint density at radius 1 is 0.871 bits per heavy atom. The molecule has 0 N–H and O–H groups in total. The van der Waals surface area contributed by atoms with Crippen molar-refractivity contribution in [2.24, 2.45) is 0 Å². The van der Waals surface area contributed by atoms with Crippen molar-refractivity contribution in [2.75, 3.05) is 31.1 Å². The number of carbonyl (C=O) groups excluding carboxylic acids is 1. The van der Waals surface area contributed by atoms with Crippen LogP contribution in [0.3, 0.4) is 0 Å². The smallest absolute Gasteiger partial charge is 0.352 e. The summed E-state index contributed by atoms with van der Waals surface area (Å²) >= 11 is 11.8. The molecule has 0 aliphatic carbocycles. The monoisotopic (exact) mass is 486 g/mol. The molecule has 0 bridgehead atoms. The molecular formula is C18H14Cl2F6N4O. The first kappa shape index (κ1) is 23.4. The molecule has 0 spiro atoms. The van der Waals surface area contributed by atoms with Crippen LogP contribution >= 0.6 is 23.2 Å². The number of piperazine rings is 1. The maximum Gasteiger partial charge on any atom is 0.417 e. The van der Waals surface area contributed by atoms with Gasteiger partial charge in [0, 0.05) is 38.6 Å². The van der Waals surface area contributed by atoms with E-state index in [1.807, 2.05) is 0 Å². The normalized spacial score (nSPS) is 15.4. The highest BCUT2D eigenvalue weighted by molar-refractivity contribution is 6.33. The second-order valence-electron chi connectivity index (χ2n) is 6.72. The summed E-state index contributed by atoms with van der Waals surface area (Å²) in [5.74, 6) is -0.213. The van der Waals surface area contributed by atoms with E-state index in [0.29, 0.717) is 18.5 Å². The highest BCUT2D eigenvalue weighted by atomic mass is 35.5. The van der Waals surface area contributed by atoms with E-state index < -0.39 is 23.5 Å². The second kappa shape index (κ2) is 8.70. The number of alkyl halides is 6. The average Bonchev–Trinajstić information content (AvgIpc) is 2.68. The summed E-state index contributed by atoms with van der Waals surface area (Å²) in [7, 11) is 0. The van der Waals surface area contributed by atoms with Crippen molar-refractivity contribution >= 4 is 34.9 Å². The van der Waals surface area contributed by atoms with Gasteiger partial charge in [-0.3, -0.25) is 9.78 Å². The van der Waals surface area contributed by atoms with E-state index >= 15 is 0 Å². The third-order valence-electron chi connectivity index (χ3n) is 4.64. The summed E-state index contributed by atoms with van der Waals surface area (Å²) < 4.78 is 76.3. The molecule has 13 heteroatoms. The molecule has 3 heterocycles. The number of carbonyl (C=O) groups is 1. The zero-order chi connectivity index (χ0) is 23.0. The van der Waals surface area contributed by atoms with Crippen LogP contribution in [-0.2, 0) is 23.6 Å². The van der Waals surface area contributed by atoms with Crippen LogP contribution in [0.25, 0.3) is 0 Å². The minimum atomic E-state index is -4.59. The number of anilines is 1. The van der Waals surface area contributed by atoms with Crippen molar-refractivity contribution in [1.29, 1.82) is 0 Å². The zero-order valence-electron chi connectivity index (χ0n) is 15.6. The molecule has 0 atom stereocenters. The van der Waals surface area contributed by atoms with Crippen LogP contribution in [0.2, 0.25) is 10.0 Å². The van der Waals surface area contributed by atoms with Crippen molar-refractivity contribution in [3.63, 3.8) is 0 Å². The predicted molar refractivity (Wildman–Crippen MR) is 101 cm³/mol. The number of hydrogen-bond donors (Lipinski definition) is 0. The molecule has 31 heavy (non-hydrogen) atoms. The third kappa shape index (κ3) is 5.51. The van der Waals surface area contributed by atoms with Gasteiger partial charge in [0.25, 0.3) is 0 Å². The first-order valence-electron chi connectivity index (χ1n) is 8.83. The molecule has 1 fully saturated rings. The van der Waals surface area contributed by atoms with Crippen LogP contribution in [0.15, 0.2) is 24.5 Å². The Kier molecular flexibility index (Phi) is 6.56. The van der Waals surface area contributed by atoms with Gasteiger partial charge >= 0.3 is 12.4 Å². The van der Waals surface area contributed by atoms with E-state index in [1.54, 1.807) is 4.90 Å². The number of rotatable bonds is 3. The van der Waals surface area contributed by atoms with E-state index in [4.69, 9.17) is 23.2 Å². The fraction of sp³-hybridized carbons (Fsp3) is 0.389. The molecule has 0 saturated carbocycles. The first-order chi connectivity index (χ1) is 14.4. The Labute approximate surface area is 182 Å². The van der Waals surface area contributed by atoms with Gasteiger partial charge in [0.1, 0.15) is 5.82 Å². The van der Waals surface area contributed by atoms with Crippen LogP contribution in [0.1, 0.15) is 16.8 Å². The maximum atomic E-state index is 12.7. The molecule has 2 aromatic rings. The fourth-order valence-electron chi connectivity index (χ4n) is 2.99. The van der Waals surface area contributed by atoms with Crippen LogP contribution < -0.4 is 4.90 Å². The van der Waals surface area contributed by atoms with Crippen molar-refractivity contribution in [1.82, 2.24) is 14.9 Å². The number of nitrogens with zero attached hydrogens (tertiary/aromatic N) is 4. The Morgan fingerprint density at radius 2 is 1.39 bits per heavy atom. The number of hydrogen-bond acceptors (Lipinski definition) is 4. The fourth-order valence-corrected chi connectivity index (χ4v) is 3.51. The summed E-state index contributed by atoms with van der Waals surface area (Å²) in [4.78, 5) is 23.0. The summed E-state index contributed by atoms with van der Waals surface area (Å²) in [6, 6.07) is 1.51. The molecule has 1 aliphatic heterocycles. The average molecular weight is 487 g/mol. The van der Waals surface area contributed by atoms with Gasteiger partial charge in [0.05, 0.1) is 33.3 Å². The molecular weight excluding hydrogens is 473 g/mol. The minimum absolute atomic E-state index is 0.0227. The third-order valence-corrected chi connectivity index (χ3v) is 5.25. The van der Waals surface area contributed by atoms with E-state index in [2.05, 4.69) is 9.97 Å². The topological polar surface area (TPSA) is 49.3 Å². The molecule has 0 unspecified atom stereocenters. The summed E-state index contributed by atoms with van der Waals surface area (Å²) in [6.45, 7) is 0.961. The van der Waals surface area contributed by atoms with Crippen LogP contribution in [-0.4, -0.2) is 47.0 Å². The zero-order valence-corrected chi connectivity index (χ0v) is 17.1. The standard InChI is InChI=1S/C18H14Cl2F6N4O/c19-12-5-10(17(21,22)23)8-27-14(12)7-15(31)29-1-3-30(4-2-29)16-13(20)6-11(9-28-16)18(24,25)26/h5-6,8-9H,1-4,7H2. The summed E-state index contributed by atoms with van der Waals surface area (Å²) in [6.07, 6.45) is -8.13. The van der Waals surface area contributed by atoms with Gasteiger partial charge in [0.2, 0.25) is 5.91 Å². The Hall–Kier alpha value is -2.27. The van der Waals surface area contributed by atoms with Gasteiger partial charge in [-0.05, 0) is 12.1 Å². The molecule has 0 radical (unpaired) electrons. The Balaban J connectivity index is 1.62. The van der Waals surface area contributed by atoms with Gasteiger partial charge in [-0.2, -0.15) is 26.3 Å². The first-order valence-corrected chi connectivity index (χ1v) is 9.59. The maximum absolute atomic E-state index is 12.7. The minimum Gasteiger partial charge on any atom is -0.352 e. The lowest BCUT2D eigenvalue weighted by Crippen LogP contribution is -2.49. The van der Waals surface area contributed by atoms with Gasteiger partial charge < -0.3 is 9.80 Å². The molecule has 1 saturated heterocycles. The molecule has 1 amide bonds. The molecule has 1 aliphatic rings. The number of pyridine rings is 2. The highest BCUT2D eigenvalue weighted by Crippen LogP contribution is 2.34. The second-order valence-corrected chi connectivity index (χ2v) is 7.54. The van der Waals surface area contributed by atoms with Gasteiger partial charge in [-0.15, -0.1) is 0 Å². The van der Waals surface area contributed by atoms with Crippen molar-refractivity contribution in [3.8, 4) is 0 Å². The number of amides is 1. The van der Waals surface area contributed by atoms with Crippen molar-refractivity contribution in [3.05, 3.63) is 51.4 Å². The lowest BCUT2D eigenvalue weighted by atomic mass is 10.2.